The van der Waals surface area contributed by atoms with E-state index in [4.69, 9.17) is 14.3 Å². The minimum Gasteiger partial charge on any atom is -0.496 e. The standard InChI is InChI=1S/C12H9NO6/c1-18-11-6-7(13(16)17)2-3-8(11)9-4-5-10(19-9)12(14)15/h2-6H,1H3,(H,14,15). The molecule has 7 nitrogen and oxygen atoms in total. The van der Waals surface area contributed by atoms with Gasteiger partial charge in [-0.25, -0.2) is 4.79 Å². The highest BCUT2D eigenvalue weighted by Crippen LogP contribution is 2.34. The second-order valence-electron chi connectivity index (χ2n) is 3.61. The number of carboxylic acid groups (broad SMARTS) is 1. The molecule has 0 atom stereocenters. The number of carboxylic acids is 1. The van der Waals surface area contributed by atoms with E-state index in [1.807, 2.05) is 0 Å². The molecule has 0 radical (unpaired) electrons. The van der Waals surface area contributed by atoms with Crippen LogP contribution in [-0.4, -0.2) is 23.1 Å². The number of aromatic carboxylic acids is 1. The molecule has 1 aromatic carbocycles. The molecule has 0 amide bonds. The lowest BCUT2D eigenvalue weighted by atomic mass is 10.1. The highest BCUT2D eigenvalue weighted by molar-refractivity contribution is 5.85. The molecule has 0 bridgehead atoms. The van der Waals surface area contributed by atoms with E-state index in [-0.39, 0.29) is 23.0 Å². The summed E-state index contributed by atoms with van der Waals surface area (Å²) in [7, 11) is 1.36. The second kappa shape index (κ2) is 4.81. The van der Waals surface area contributed by atoms with Gasteiger partial charge in [0.05, 0.1) is 23.7 Å². The number of furan rings is 1. The minimum atomic E-state index is -1.19. The van der Waals surface area contributed by atoms with E-state index in [1.54, 1.807) is 0 Å². The molecule has 7 heteroatoms. The van der Waals surface area contributed by atoms with Gasteiger partial charge in [-0.3, -0.25) is 10.1 Å². The number of nitrogens with zero attached hydrogens (tertiary/aromatic N) is 1. The van der Waals surface area contributed by atoms with Crippen molar-refractivity contribution in [3.05, 3.63) is 46.2 Å². The second-order valence-corrected chi connectivity index (χ2v) is 3.61. The summed E-state index contributed by atoms with van der Waals surface area (Å²) in [6, 6.07) is 6.76. The van der Waals surface area contributed by atoms with Crippen LogP contribution in [0.5, 0.6) is 5.75 Å². The Morgan fingerprint density at radius 2 is 2.11 bits per heavy atom. The van der Waals surface area contributed by atoms with E-state index in [1.165, 1.54) is 37.4 Å². The van der Waals surface area contributed by atoms with Crippen molar-refractivity contribution in [2.45, 2.75) is 0 Å². The number of hydrogen-bond acceptors (Lipinski definition) is 5. The smallest absolute Gasteiger partial charge is 0.371 e. The molecule has 0 spiro atoms. The third kappa shape index (κ3) is 2.39. The van der Waals surface area contributed by atoms with Gasteiger partial charge >= 0.3 is 5.97 Å². The van der Waals surface area contributed by atoms with Gasteiger partial charge in [-0.15, -0.1) is 0 Å². The third-order valence-corrected chi connectivity index (χ3v) is 2.48. The Hall–Kier alpha value is -2.83. The molecule has 0 aliphatic heterocycles. The van der Waals surface area contributed by atoms with Gasteiger partial charge in [-0.1, -0.05) is 0 Å². The van der Waals surface area contributed by atoms with Crippen LogP contribution in [0.2, 0.25) is 0 Å². The van der Waals surface area contributed by atoms with Crippen LogP contribution in [0.25, 0.3) is 11.3 Å². The lowest BCUT2D eigenvalue weighted by Crippen LogP contribution is -1.93. The van der Waals surface area contributed by atoms with Gasteiger partial charge in [0.2, 0.25) is 5.76 Å². The summed E-state index contributed by atoms with van der Waals surface area (Å²) in [6.07, 6.45) is 0. The Morgan fingerprint density at radius 3 is 2.63 bits per heavy atom. The Bertz CT molecular complexity index is 645. The quantitative estimate of drug-likeness (QED) is 0.671. The Kier molecular flexibility index (Phi) is 3.19. The number of nitro benzene ring substituents is 1. The number of benzene rings is 1. The number of rotatable bonds is 4. The summed E-state index contributed by atoms with van der Waals surface area (Å²) in [5, 5.41) is 19.4. The molecule has 19 heavy (non-hydrogen) atoms. The van der Waals surface area contributed by atoms with Crippen molar-refractivity contribution in [3.8, 4) is 17.1 Å². The molecule has 98 valence electrons. The average molecular weight is 263 g/mol. The van der Waals surface area contributed by atoms with Crippen molar-refractivity contribution in [2.75, 3.05) is 7.11 Å². The van der Waals surface area contributed by atoms with Gasteiger partial charge < -0.3 is 14.3 Å². The number of ether oxygens (including phenoxy) is 1. The van der Waals surface area contributed by atoms with E-state index >= 15 is 0 Å². The molecule has 0 aliphatic carbocycles. The maximum Gasteiger partial charge on any atom is 0.371 e. The third-order valence-electron chi connectivity index (χ3n) is 2.48. The largest absolute Gasteiger partial charge is 0.496 e. The molecule has 0 aliphatic rings. The molecular formula is C12H9NO6. The van der Waals surface area contributed by atoms with Crippen LogP contribution in [0.4, 0.5) is 5.69 Å². The first-order valence-corrected chi connectivity index (χ1v) is 5.19. The SMILES string of the molecule is COc1cc([N+](=O)[O-])ccc1-c1ccc(C(=O)O)o1. The molecule has 0 fully saturated rings. The summed E-state index contributed by atoms with van der Waals surface area (Å²) in [4.78, 5) is 20.8. The normalized spacial score (nSPS) is 10.2. The highest BCUT2D eigenvalue weighted by Gasteiger charge is 2.16. The van der Waals surface area contributed by atoms with Crippen LogP contribution >= 0.6 is 0 Å². The number of methoxy groups -OCH3 is 1. The molecule has 2 rings (SSSR count). The molecule has 1 heterocycles. The lowest BCUT2D eigenvalue weighted by Gasteiger charge is -2.05. The zero-order chi connectivity index (χ0) is 14.0. The predicted molar refractivity (Wildman–Crippen MR) is 64.3 cm³/mol. The fraction of sp³-hybridized carbons (Fsp3) is 0.0833. The van der Waals surface area contributed by atoms with Crippen molar-refractivity contribution < 1.29 is 24.0 Å². The Morgan fingerprint density at radius 1 is 1.37 bits per heavy atom. The topological polar surface area (TPSA) is 103 Å². The summed E-state index contributed by atoms with van der Waals surface area (Å²) >= 11 is 0. The first kappa shape index (κ1) is 12.6. The predicted octanol–water partition coefficient (Wildman–Crippen LogP) is 2.56. The van der Waals surface area contributed by atoms with Gasteiger partial charge in [0.1, 0.15) is 11.5 Å². The van der Waals surface area contributed by atoms with Crippen LogP contribution in [0.15, 0.2) is 34.7 Å². The Balaban J connectivity index is 2.48. The van der Waals surface area contributed by atoms with Crippen molar-refractivity contribution in [1.29, 1.82) is 0 Å². The van der Waals surface area contributed by atoms with Crippen molar-refractivity contribution in [2.24, 2.45) is 0 Å². The Labute approximate surface area is 107 Å². The first-order chi connectivity index (χ1) is 9.02. The molecule has 0 saturated carbocycles. The molecule has 1 aromatic heterocycles. The number of nitro groups is 1. The van der Waals surface area contributed by atoms with Crippen LogP contribution in [0, 0.1) is 10.1 Å². The number of carbonyl (C=O) groups is 1. The first-order valence-electron chi connectivity index (χ1n) is 5.19. The van der Waals surface area contributed by atoms with Crippen molar-refractivity contribution in [1.82, 2.24) is 0 Å². The van der Waals surface area contributed by atoms with E-state index in [0.717, 1.165) is 0 Å². The van der Waals surface area contributed by atoms with Crippen LogP contribution < -0.4 is 4.74 Å². The summed E-state index contributed by atoms with van der Waals surface area (Å²) in [5.74, 6) is -0.896. The maximum atomic E-state index is 10.7. The van der Waals surface area contributed by atoms with Gasteiger partial charge in [-0.2, -0.15) is 0 Å². The molecule has 1 N–H and O–H groups in total. The van der Waals surface area contributed by atoms with Crippen molar-refractivity contribution >= 4 is 11.7 Å². The van der Waals surface area contributed by atoms with E-state index < -0.39 is 10.9 Å². The van der Waals surface area contributed by atoms with Gasteiger partial charge in [0.15, 0.2) is 0 Å². The van der Waals surface area contributed by atoms with Crippen LogP contribution in [0.3, 0.4) is 0 Å². The van der Waals surface area contributed by atoms with Crippen LogP contribution in [0.1, 0.15) is 10.6 Å². The average Bonchev–Trinajstić information content (AvgIpc) is 2.87. The lowest BCUT2D eigenvalue weighted by molar-refractivity contribution is -0.384. The maximum absolute atomic E-state index is 10.7. The summed E-state index contributed by atoms with van der Waals surface area (Å²) in [6.45, 7) is 0. The number of non-ortho nitro benzene ring substituents is 1. The summed E-state index contributed by atoms with van der Waals surface area (Å²) < 4.78 is 10.2. The van der Waals surface area contributed by atoms with Gasteiger partial charge in [0.25, 0.3) is 5.69 Å². The zero-order valence-corrected chi connectivity index (χ0v) is 9.82. The van der Waals surface area contributed by atoms with Gasteiger partial charge in [0, 0.05) is 6.07 Å². The fourth-order valence-electron chi connectivity index (χ4n) is 1.59. The van der Waals surface area contributed by atoms with Crippen molar-refractivity contribution in [3.63, 3.8) is 0 Å². The molecule has 0 saturated heterocycles. The monoisotopic (exact) mass is 263 g/mol. The van der Waals surface area contributed by atoms with Crippen LogP contribution in [-0.2, 0) is 0 Å². The zero-order valence-electron chi connectivity index (χ0n) is 9.82. The summed E-state index contributed by atoms with van der Waals surface area (Å²) in [5.41, 5.74) is 0.325. The van der Waals surface area contributed by atoms with E-state index in [2.05, 4.69) is 0 Å². The molecule has 0 unspecified atom stereocenters. The van der Waals surface area contributed by atoms with E-state index in [0.29, 0.717) is 5.56 Å². The number of hydrogen-bond donors (Lipinski definition) is 1. The molecule has 2 aromatic rings. The fourth-order valence-corrected chi connectivity index (χ4v) is 1.59. The van der Waals surface area contributed by atoms with E-state index in [9.17, 15) is 14.9 Å². The highest BCUT2D eigenvalue weighted by atomic mass is 16.6. The molecular weight excluding hydrogens is 254 g/mol. The minimum absolute atomic E-state index is 0.120. The van der Waals surface area contributed by atoms with Gasteiger partial charge in [-0.05, 0) is 18.2 Å².